The van der Waals surface area contributed by atoms with Crippen LogP contribution < -0.4 is 5.32 Å². The molecular formula is C17H20N4S. The van der Waals surface area contributed by atoms with Gasteiger partial charge in [0.15, 0.2) is 0 Å². The standard InChI is InChI=1S/C17H20N4S/c1-12-11-13-16(21-9-7-20(2)8-10-21)18-14-5-3-4-6-15(14)19-17(13)22-12/h3-6,11,19H,7-10H2,1-2H3/i2D3. The summed E-state index contributed by atoms with van der Waals surface area (Å²) in [5, 5.41) is 4.60. The molecule has 2 aromatic rings. The molecule has 0 unspecified atom stereocenters. The van der Waals surface area contributed by atoms with Crippen molar-refractivity contribution in [3.8, 4) is 0 Å². The molecule has 0 bridgehead atoms. The summed E-state index contributed by atoms with van der Waals surface area (Å²) in [5.74, 6) is 0.932. The summed E-state index contributed by atoms with van der Waals surface area (Å²) >= 11 is 1.72. The third-order valence-electron chi connectivity index (χ3n) is 4.05. The molecule has 1 saturated heterocycles. The fourth-order valence-electron chi connectivity index (χ4n) is 2.91. The Hall–Kier alpha value is -1.85. The summed E-state index contributed by atoms with van der Waals surface area (Å²) in [5.41, 5.74) is 3.01. The third-order valence-corrected chi connectivity index (χ3v) is 5.02. The first-order valence-corrected chi connectivity index (χ1v) is 8.29. The van der Waals surface area contributed by atoms with E-state index in [1.807, 2.05) is 24.3 Å². The summed E-state index contributed by atoms with van der Waals surface area (Å²) in [6.07, 6.45) is 0. The quantitative estimate of drug-likeness (QED) is 0.808. The summed E-state index contributed by atoms with van der Waals surface area (Å²) < 4.78 is 22.8. The molecule has 0 spiro atoms. The molecule has 0 aliphatic carbocycles. The van der Waals surface area contributed by atoms with Crippen molar-refractivity contribution >= 4 is 33.5 Å². The van der Waals surface area contributed by atoms with Gasteiger partial charge in [0.05, 0.1) is 16.9 Å². The molecule has 0 saturated carbocycles. The number of nitrogens with zero attached hydrogens (tertiary/aromatic N) is 3. The predicted octanol–water partition coefficient (Wildman–Crippen LogP) is 3.44. The van der Waals surface area contributed by atoms with Crippen molar-refractivity contribution in [1.29, 1.82) is 0 Å². The molecule has 0 atom stereocenters. The maximum absolute atomic E-state index is 7.59. The van der Waals surface area contributed by atoms with Crippen molar-refractivity contribution in [1.82, 2.24) is 9.80 Å². The smallest absolute Gasteiger partial charge is 0.139 e. The van der Waals surface area contributed by atoms with E-state index in [0.29, 0.717) is 26.2 Å². The number of amidine groups is 1. The number of thiophene rings is 1. The maximum Gasteiger partial charge on any atom is 0.139 e. The van der Waals surface area contributed by atoms with Gasteiger partial charge in [0, 0.05) is 35.2 Å². The highest BCUT2D eigenvalue weighted by molar-refractivity contribution is 7.16. The molecular weight excluding hydrogens is 292 g/mol. The van der Waals surface area contributed by atoms with Crippen LogP contribution in [-0.2, 0) is 0 Å². The van der Waals surface area contributed by atoms with Crippen LogP contribution in [0.5, 0.6) is 0 Å². The summed E-state index contributed by atoms with van der Waals surface area (Å²) in [6, 6.07) is 10.2. The Bertz CT molecular complexity index is 820. The number of aryl methyl sites for hydroxylation is 1. The zero-order valence-electron chi connectivity index (χ0n) is 15.5. The van der Waals surface area contributed by atoms with Gasteiger partial charge in [-0.15, -0.1) is 11.3 Å². The molecule has 1 aromatic carbocycles. The molecule has 22 heavy (non-hydrogen) atoms. The van der Waals surface area contributed by atoms with Crippen LogP contribution in [0.1, 0.15) is 14.6 Å². The highest BCUT2D eigenvalue weighted by atomic mass is 32.1. The largest absolute Gasteiger partial charge is 0.353 e. The van der Waals surface area contributed by atoms with Crippen LogP contribution in [0.4, 0.5) is 16.4 Å². The number of piperazine rings is 1. The zero-order valence-corrected chi connectivity index (χ0v) is 13.3. The Morgan fingerprint density at radius 1 is 1.23 bits per heavy atom. The molecule has 4 nitrogen and oxygen atoms in total. The monoisotopic (exact) mass is 315 g/mol. The van der Waals surface area contributed by atoms with Crippen LogP contribution >= 0.6 is 11.3 Å². The minimum Gasteiger partial charge on any atom is -0.353 e. The fourth-order valence-corrected chi connectivity index (χ4v) is 3.83. The highest BCUT2D eigenvalue weighted by Gasteiger charge is 2.25. The number of likely N-dealkylation sites (N-methyl/N-ethyl adjacent to an activating group) is 1. The van der Waals surface area contributed by atoms with Crippen LogP contribution in [0.25, 0.3) is 0 Å². The Labute approximate surface area is 139 Å². The molecule has 1 N–H and O–H groups in total. The second-order valence-corrected chi connectivity index (χ2v) is 6.91. The van der Waals surface area contributed by atoms with Gasteiger partial charge in [-0.2, -0.15) is 0 Å². The van der Waals surface area contributed by atoms with Gasteiger partial charge >= 0.3 is 0 Å². The van der Waals surface area contributed by atoms with Gasteiger partial charge in [-0.3, -0.25) is 0 Å². The number of aliphatic imine (C=N–C) groups is 1. The Kier molecular flexibility index (Phi) is 2.66. The number of nitrogens with one attached hydrogen (secondary N) is 1. The molecule has 114 valence electrons. The van der Waals surface area contributed by atoms with E-state index in [4.69, 9.17) is 9.10 Å². The number of anilines is 2. The van der Waals surface area contributed by atoms with E-state index in [1.165, 1.54) is 4.88 Å². The second-order valence-electron chi connectivity index (χ2n) is 5.65. The van der Waals surface area contributed by atoms with E-state index in [0.717, 1.165) is 27.8 Å². The first-order chi connectivity index (χ1) is 11.9. The van der Waals surface area contributed by atoms with Crippen LogP contribution in [0.15, 0.2) is 35.3 Å². The SMILES string of the molecule is [2H]C([2H])([2H])N1CCN(C2=Nc3ccccc3Nc3sc(C)cc32)CC1. The molecule has 2 aliphatic rings. The maximum atomic E-state index is 7.59. The fraction of sp³-hybridized carbons (Fsp3) is 0.353. The highest BCUT2D eigenvalue weighted by Crippen LogP contribution is 2.39. The number of fused-ring (bicyclic) bond motifs is 2. The van der Waals surface area contributed by atoms with Crippen LogP contribution in [-0.4, -0.2) is 48.8 Å². The molecule has 3 heterocycles. The van der Waals surface area contributed by atoms with Gasteiger partial charge in [0.2, 0.25) is 0 Å². The Morgan fingerprint density at radius 2 is 2.05 bits per heavy atom. The average Bonchev–Trinajstić information content (AvgIpc) is 2.86. The molecule has 1 fully saturated rings. The van der Waals surface area contributed by atoms with E-state index in [1.54, 1.807) is 16.2 Å². The van der Waals surface area contributed by atoms with E-state index in [2.05, 4.69) is 23.2 Å². The summed E-state index contributed by atoms with van der Waals surface area (Å²) in [4.78, 5) is 9.93. The van der Waals surface area contributed by atoms with Crippen LogP contribution in [0, 0.1) is 6.92 Å². The van der Waals surface area contributed by atoms with Crippen molar-refractivity contribution in [3.05, 3.63) is 40.8 Å². The van der Waals surface area contributed by atoms with E-state index in [9.17, 15) is 0 Å². The van der Waals surface area contributed by atoms with E-state index >= 15 is 0 Å². The van der Waals surface area contributed by atoms with Gasteiger partial charge in [-0.05, 0) is 32.1 Å². The van der Waals surface area contributed by atoms with Crippen molar-refractivity contribution in [3.63, 3.8) is 0 Å². The van der Waals surface area contributed by atoms with E-state index < -0.39 is 6.98 Å². The Balaban J connectivity index is 1.69. The normalized spacial score (nSPS) is 20.7. The lowest BCUT2D eigenvalue weighted by molar-refractivity contribution is 0.216. The van der Waals surface area contributed by atoms with Crippen molar-refractivity contribution < 1.29 is 4.11 Å². The van der Waals surface area contributed by atoms with Crippen molar-refractivity contribution in [2.45, 2.75) is 6.92 Å². The van der Waals surface area contributed by atoms with Gasteiger partial charge in [-0.1, -0.05) is 12.1 Å². The van der Waals surface area contributed by atoms with Crippen LogP contribution in [0.3, 0.4) is 0 Å². The van der Waals surface area contributed by atoms with E-state index in [-0.39, 0.29) is 0 Å². The zero-order chi connectivity index (χ0) is 17.6. The van der Waals surface area contributed by atoms with Gasteiger partial charge in [-0.25, -0.2) is 4.99 Å². The molecule has 4 rings (SSSR count). The number of hydrogen-bond donors (Lipinski definition) is 1. The lowest BCUT2D eigenvalue weighted by Crippen LogP contribution is -2.47. The molecule has 1 aromatic heterocycles. The van der Waals surface area contributed by atoms with Gasteiger partial charge < -0.3 is 15.1 Å². The number of rotatable bonds is 0. The topological polar surface area (TPSA) is 30.9 Å². The lowest BCUT2D eigenvalue weighted by Gasteiger charge is -2.34. The van der Waals surface area contributed by atoms with Crippen molar-refractivity contribution in [2.75, 3.05) is 38.5 Å². The van der Waals surface area contributed by atoms with Gasteiger partial charge in [0.1, 0.15) is 10.8 Å². The first-order valence-electron chi connectivity index (χ1n) is 8.97. The Morgan fingerprint density at radius 3 is 2.86 bits per heavy atom. The minimum absolute atomic E-state index is 0.517. The first kappa shape index (κ1) is 10.8. The van der Waals surface area contributed by atoms with Crippen molar-refractivity contribution in [2.24, 2.45) is 4.99 Å². The van der Waals surface area contributed by atoms with Gasteiger partial charge in [0.25, 0.3) is 0 Å². The predicted molar refractivity (Wildman–Crippen MR) is 94.0 cm³/mol. The molecule has 2 aliphatic heterocycles. The second kappa shape index (κ2) is 5.41. The molecule has 5 heteroatoms. The van der Waals surface area contributed by atoms with Crippen LogP contribution in [0.2, 0.25) is 0 Å². The third kappa shape index (κ3) is 2.40. The number of hydrogen-bond acceptors (Lipinski definition) is 5. The molecule has 0 radical (unpaired) electrons. The minimum atomic E-state index is -2.02. The lowest BCUT2D eigenvalue weighted by atomic mass is 10.2. The summed E-state index contributed by atoms with van der Waals surface area (Å²) in [7, 11) is 0. The summed E-state index contributed by atoms with van der Waals surface area (Å²) in [6.45, 7) is 2.43. The average molecular weight is 315 g/mol. The number of para-hydroxylation sites is 2. The molecule has 0 amide bonds. The number of benzene rings is 1.